The summed E-state index contributed by atoms with van der Waals surface area (Å²) >= 11 is 0. The number of nitrogens with zero attached hydrogens (tertiary/aromatic N) is 4. The lowest BCUT2D eigenvalue weighted by atomic mass is 10.1. The van der Waals surface area contributed by atoms with E-state index in [2.05, 4.69) is 15.5 Å². The van der Waals surface area contributed by atoms with Gasteiger partial charge in [-0.2, -0.15) is 0 Å². The highest BCUT2D eigenvalue weighted by atomic mass is 19.1. The molecule has 1 heterocycles. The molecule has 2 rings (SSSR count). The van der Waals surface area contributed by atoms with Crippen LogP contribution in [0.4, 0.5) is 10.1 Å². The van der Waals surface area contributed by atoms with Gasteiger partial charge in [0.15, 0.2) is 5.82 Å². The SMILES string of the molecule is CCC(COC)n1nnnc1-c1cc(N)cc(F)c1. The Labute approximate surface area is 110 Å². The molecule has 2 aromatic rings. The third-order valence-corrected chi connectivity index (χ3v) is 2.85. The Morgan fingerprint density at radius 1 is 1.42 bits per heavy atom. The summed E-state index contributed by atoms with van der Waals surface area (Å²) in [6, 6.07) is 4.26. The molecule has 0 spiro atoms. The molecule has 0 saturated heterocycles. The third-order valence-electron chi connectivity index (χ3n) is 2.85. The van der Waals surface area contributed by atoms with Crippen molar-refractivity contribution in [3.8, 4) is 11.4 Å². The molecule has 1 atom stereocenters. The summed E-state index contributed by atoms with van der Waals surface area (Å²) < 4.78 is 20.2. The fourth-order valence-electron chi connectivity index (χ4n) is 1.92. The van der Waals surface area contributed by atoms with Crippen molar-refractivity contribution < 1.29 is 9.13 Å². The fraction of sp³-hybridized carbons (Fsp3) is 0.417. The summed E-state index contributed by atoms with van der Waals surface area (Å²) in [5.74, 6) is 0.0689. The number of rotatable bonds is 5. The van der Waals surface area contributed by atoms with Crippen LogP contribution in [0.5, 0.6) is 0 Å². The predicted octanol–water partition coefficient (Wildman–Crippen LogP) is 1.66. The highest BCUT2D eigenvalue weighted by molar-refractivity contribution is 5.61. The molecule has 0 aliphatic rings. The van der Waals surface area contributed by atoms with E-state index in [1.165, 1.54) is 12.1 Å². The van der Waals surface area contributed by atoms with Crippen LogP contribution in [-0.4, -0.2) is 33.9 Å². The van der Waals surface area contributed by atoms with Crippen molar-refractivity contribution in [2.24, 2.45) is 0 Å². The van der Waals surface area contributed by atoms with Crippen LogP contribution in [0.1, 0.15) is 19.4 Å². The molecule has 0 fully saturated rings. The number of methoxy groups -OCH3 is 1. The topological polar surface area (TPSA) is 78.8 Å². The van der Waals surface area contributed by atoms with Gasteiger partial charge in [-0.25, -0.2) is 9.07 Å². The van der Waals surface area contributed by atoms with E-state index in [1.807, 2.05) is 6.92 Å². The van der Waals surface area contributed by atoms with E-state index in [9.17, 15) is 4.39 Å². The van der Waals surface area contributed by atoms with Crippen LogP contribution < -0.4 is 5.73 Å². The number of halogens is 1. The predicted molar refractivity (Wildman–Crippen MR) is 68.8 cm³/mol. The van der Waals surface area contributed by atoms with Gasteiger partial charge in [0.05, 0.1) is 12.6 Å². The van der Waals surface area contributed by atoms with Crippen LogP contribution in [0.15, 0.2) is 18.2 Å². The van der Waals surface area contributed by atoms with Gasteiger partial charge in [-0.05, 0) is 35.0 Å². The van der Waals surface area contributed by atoms with Gasteiger partial charge in [-0.15, -0.1) is 5.10 Å². The van der Waals surface area contributed by atoms with E-state index in [0.717, 1.165) is 6.42 Å². The number of aromatic nitrogens is 4. The largest absolute Gasteiger partial charge is 0.399 e. The molecule has 7 heteroatoms. The summed E-state index contributed by atoms with van der Waals surface area (Å²) in [7, 11) is 1.62. The third kappa shape index (κ3) is 2.87. The van der Waals surface area contributed by atoms with Gasteiger partial charge in [0.1, 0.15) is 5.82 Å². The minimum Gasteiger partial charge on any atom is -0.399 e. The molecule has 2 N–H and O–H groups in total. The number of nitrogen functional groups attached to an aromatic ring is 1. The molecular formula is C12H16FN5O. The fourth-order valence-corrected chi connectivity index (χ4v) is 1.92. The van der Waals surface area contributed by atoms with Crippen molar-refractivity contribution >= 4 is 5.69 Å². The molecule has 0 aliphatic heterocycles. The zero-order valence-corrected chi connectivity index (χ0v) is 10.9. The standard InChI is InChI=1S/C12H16FN5O/c1-3-11(7-19-2)18-12(15-16-17-18)8-4-9(13)6-10(14)5-8/h4-6,11H,3,7,14H2,1-2H3. The van der Waals surface area contributed by atoms with E-state index in [0.29, 0.717) is 23.7 Å². The summed E-state index contributed by atoms with van der Waals surface area (Å²) in [6.45, 7) is 2.49. The molecule has 1 aromatic carbocycles. The van der Waals surface area contributed by atoms with Gasteiger partial charge in [-0.1, -0.05) is 6.92 Å². The Bertz CT molecular complexity index is 537. The Balaban J connectivity index is 2.43. The number of hydrogen-bond donors (Lipinski definition) is 1. The average Bonchev–Trinajstić information content (AvgIpc) is 2.83. The molecular weight excluding hydrogens is 249 g/mol. The summed E-state index contributed by atoms with van der Waals surface area (Å²) in [6.07, 6.45) is 0.802. The van der Waals surface area contributed by atoms with Gasteiger partial charge >= 0.3 is 0 Å². The second-order valence-electron chi connectivity index (χ2n) is 4.24. The number of nitrogens with two attached hydrogens (primary N) is 1. The molecule has 6 nitrogen and oxygen atoms in total. The van der Waals surface area contributed by atoms with Gasteiger partial charge in [-0.3, -0.25) is 0 Å². The van der Waals surface area contributed by atoms with E-state index in [-0.39, 0.29) is 6.04 Å². The smallest absolute Gasteiger partial charge is 0.182 e. The lowest BCUT2D eigenvalue weighted by Crippen LogP contribution is -2.16. The summed E-state index contributed by atoms with van der Waals surface area (Å²) in [5, 5.41) is 11.6. The van der Waals surface area contributed by atoms with E-state index in [4.69, 9.17) is 10.5 Å². The first-order chi connectivity index (χ1) is 9.15. The molecule has 102 valence electrons. The normalized spacial score (nSPS) is 12.6. The molecule has 0 aliphatic carbocycles. The van der Waals surface area contributed by atoms with Crippen molar-refractivity contribution in [3.63, 3.8) is 0 Å². The van der Waals surface area contributed by atoms with Gasteiger partial charge in [0.25, 0.3) is 0 Å². The van der Waals surface area contributed by atoms with Gasteiger partial charge in [0.2, 0.25) is 0 Å². The number of tetrazole rings is 1. The van der Waals surface area contributed by atoms with E-state index < -0.39 is 5.82 Å². The lowest BCUT2D eigenvalue weighted by molar-refractivity contribution is 0.147. The monoisotopic (exact) mass is 265 g/mol. The Morgan fingerprint density at radius 3 is 2.84 bits per heavy atom. The molecule has 1 unspecified atom stereocenters. The lowest BCUT2D eigenvalue weighted by Gasteiger charge is -2.15. The summed E-state index contributed by atoms with van der Waals surface area (Å²) in [4.78, 5) is 0. The Hall–Kier alpha value is -2.02. The summed E-state index contributed by atoms with van der Waals surface area (Å²) in [5.41, 5.74) is 6.53. The minimum absolute atomic E-state index is 0.000471. The van der Waals surface area contributed by atoms with Crippen LogP contribution in [0.3, 0.4) is 0 Å². The van der Waals surface area contributed by atoms with Gasteiger partial charge in [0, 0.05) is 18.4 Å². The maximum Gasteiger partial charge on any atom is 0.182 e. The molecule has 1 aromatic heterocycles. The molecule has 0 saturated carbocycles. The molecule has 0 radical (unpaired) electrons. The maximum absolute atomic E-state index is 13.4. The second kappa shape index (κ2) is 5.75. The van der Waals surface area contributed by atoms with Crippen molar-refractivity contribution in [2.45, 2.75) is 19.4 Å². The zero-order chi connectivity index (χ0) is 13.8. The number of hydrogen-bond acceptors (Lipinski definition) is 5. The molecule has 0 amide bonds. The molecule has 19 heavy (non-hydrogen) atoms. The number of benzene rings is 1. The van der Waals surface area contributed by atoms with E-state index >= 15 is 0 Å². The highest BCUT2D eigenvalue weighted by Crippen LogP contribution is 2.23. The van der Waals surface area contributed by atoms with Crippen LogP contribution in [-0.2, 0) is 4.74 Å². The zero-order valence-electron chi connectivity index (χ0n) is 10.9. The van der Waals surface area contributed by atoms with Crippen molar-refractivity contribution in [1.29, 1.82) is 0 Å². The highest BCUT2D eigenvalue weighted by Gasteiger charge is 2.17. The van der Waals surface area contributed by atoms with Crippen molar-refractivity contribution in [1.82, 2.24) is 20.2 Å². The van der Waals surface area contributed by atoms with Gasteiger partial charge < -0.3 is 10.5 Å². The Morgan fingerprint density at radius 2 is 2.21 bits per heavy atom. The van der Waals surface area contributed by atoms with Crippen molar-refractivity contribution in [2.75, 3.05) is 19.5 Å². The molecule has 0 bridgehead atoms. The van der Waals surface area contributed by atoms with Crippen LogP contribution in [0, 0.1) is 5.82 Å². The number of ether oxygens (including phenoxy) is 1. The number of anilines is 1. The van der Waals surface area contributed by atoms with E-state index in [1.54, 1.807) is 17.9 Å². The average molecular weight is 265 g/mol. The first kappa shape index (κ1) is 13.4. The van der Waals surface area contributed by atoms with Crippen LogP contribution >= 0.6 is 0 Å². The maximum atomic E-state index is 13.4. The Kier molecular flexibility index (Phi) is 4.06. The first-order valence-corrected chi connectivity index (χ1v) is 5.99. The van der Waals surface area contributed by atoms with Crippen LogP contribution in [0.2, 0.25) is 0 Å². The first-order valence-electron chi connectivity index (χ1n) is 5.99. The van der Waals surface area contributed by atoms with Crippen molar-refractivity contribution in [3.05, 3.63) is 24.0 Å². The minimum atomic E-state index is -0.413. The quantitative estimate of drug-likeness (QED) is 0.832. The second-order valence-corrected chi connectivity index (χ2v) is 4.24. The van der Waals surface area contributed by atoms with Crippen LogP contribution in [0.25, 0.3) is 11.4 Å².